The topological polar surface area (TPSA) is 79.8 Å². The van der Waals surface area contributed by atoms with Gasteiger partial charge in [-0.2, -0.15) is 11.8 Å². The molecule has 2 aromatic rings. The van der Waals surface area contributed by atoms with E-state index >= 15 is 0 Å². The van der Waals surface area contributed by atoms with Crippen LogP contribution < -0.4 is 10.6 Å². The average molecular weight is 309 g/mol. The zero-order valence-corrected chi connectivity index (χ0v) is 12.8. The standard InChI is InChI=1S/C12H15N5OS2/c1-8(6-19-2)15-10-4-3-9(5-13-10)11(18)16-12-17-14-7-20-12/h3-5,7-8H,6H2,1-2H3,(H,13,15)(H,16,17,18). The average Bonchev–Trinajstić information content (AvgIpc) is 2.92. The molecular formula is C12H15N5OS2. The first-order valence-electron chi connectivity index (χ1n) is 5.98. The van der Waals surface area contributed by atoms with E-state index in [-0.39, 0.29) is 5.91 Å². The number of hydrogen-bond acceptors (Lipinski definition) is 7. The van der Waals surface area contributed by atoms with Crippen LogP contribution in [0.3, 0.4) is 0 Å². The van der Waals surface area contributed by atoms with Crippen molar-refractivity contribution in [2.24, 2.45) is 0 Å². The highest BCUT2D eigenvalue weighted by Crippen LogP contribution is 2.12. The van der Waals surface area contributed by atoms with E-state index in [1.165, 1.54) is 11.3 Å². The fourth-order valence-corrected chi connectivity index (χ4v) is 2.58. The molecule has 2 heterocycles. The Balaban J connectivity index is 1.95. The van der Waals surface area contributed by atoms with Gasteiger partial charge in [-0.1, -0.05) is 11.3 Å². The van der Waals surface area contributed by atoms with Gasteiger partial charge in [-0.15, -0.1) is 10.2 Å². The van der Waals surface area contributed by atoms with Crippen molar-refractivity contribution < 1.29 is 4.79 Å². The first-order valence-corrected chi connectivity index (χ1v) is 8.25. The van der Waals surface area contributed by atoms with E-state index in [1.807, 2.05) is 0 Å². The second-order valence-electron chi connectivity index (χ2n) is 4.13. The van der Waals surface area contributed by atoms with Crippen molar-refractivity contribution in [2.75, 3.05) is 22.6 Å². The maximum atomic E-state index is 11.9. The second-order valence-corrected chi connectivity index (χ2v) is 5.87. The van der Waals surface area contributed by atoms with Crippen molar-refractivity contribution in [1.29, 1.82) is 0 Å². The molecule has 2 rings (SSSR count). The number of amides is 1. The predicted octanol–water partition coefficient (Wildman–Crippen LogP) is 2.35. The molecule has 0 aliphatic rings. The minimum atomic E-state index is -0.238. The Morgan fingerprint density at radius 3 is 2.95 bits per heavy atom. The SMILES string of the molecule is CSCC(C)Nc1ccc(C(=O)Nc2nncs2)cn1. The Bertz CT molecular complexity index is 543. The second kappa shape index (κ2) is 7.20. The monoisotopic (exact) mass is 309 g/mol. The summed E-state index contributed by atoms with van der Waals surface area (Å²) in [6.07, 6.45) is 3.61. The number of nitrogens with zero attached hydrogens (tertiary/aromatic N) is 3. The maximum Gasteiger partial charge on any atom is 0.259 e. The molecule has 106 valence electrons. The van der Waals surface area contributed by atoms with Crippen LogP contribution in [-0.4, -0.2) is 39.1 Å². The molecule has 20 heavy (non-hydrogen) atoms. The first kappa shape index (κ1) is 14.7. The highest BCUT2D eigenvalue weighted by atomic mass is 32.2. The minimum Gasteiger partial charge on any atom is -0.367 e. The van der Waals surface area contributed by atoms with Crippen molar-refractivity contribution in [3.05, 3.63) is 29.4 Å². The molecule has 8 heteroatoms. The fourth-order valence-electron chi connectivity index (χ4n) is 1.55. The fraction of sp³-hybridized carbons (Fsp3) is 0.333. The van der Waals surface area contributed by atoms with Crippen molar-refractivity contribution in [3.8, 4) is 0 Å². The summed E-state index contributed by atoms with van der Waals surface area (Å²) in [5, 5.41) is 13.8. The third-order valence-electron chi connectivity index (χ3n) is 2.42. The summed E-state index contributed by atoms with van der Waals surface area (Å²) >= 11 is 3.05. The Labute approximate surface area is 125 Å². The van der Waals surface area contributed by atoms with Gasteiger partial charge in [0.15, 0.2) is 0 Å². The lowest BCUT2D eigenvalue weighted by Crippen LogP contribution is -2.19. The van der Waals surface area contributed by atoms with Gasteiger partial charge < -0.3 is 5.32 Å². The number of anilines is 2. The summed E-state index contributed by atoms with van der Waals surface area (Å²) in [7, 11) is 0. The van der Waals surface area contributed by atoms with Crippen LogP contribution in [0.4, 0.5) is 10.9 Å². The van der Waals surface area contributed by atoms with Gasteiger partial charge in [0.2, 0.25) is 5.13 Å². The van der Waals surface area contributed by atoms with Gasteiger partial charge >= 0.3 is 0 Å². The lowest BCUT2D eigenvalue weighted by atomic mass is 10.2. The summed E-state index contributed by atoms with van der Waals surface area (Å²) in [5.41, 5.74) is 2.05. The summed E-state index contributed by atoms with van der Waals surface area (Å²) in [4.78, 5) is 16.1. The van der Waals surface area contributed by atoms with E-state index in [9.17, 15) is 4.79 Å². The van der Waals surface area contributed by atoms with Gasteiger partial charge in [-0.25, -0.2) is 4.98 Å². The Kier molecular flexibility index (Phi) is 5.31. The van der Waals surface area contributed by atoms with Crippen LogP contribution in [0.2, 0.25) is 0 Å². The molecule has 2 aromatic heterocycles. The van der Waals surface area contributed by atoms with Gasteiger partial charge in [0.25, 0.3) is 5.91 Å². The molecule has 0 fully saturated rings. The van der Waals surface area contributed by atoms with Crippen LogP contribution in [0.25, 0.3) is 0 Å². The number of carbonyl (C=O) groups is 1. The molecule has 0 aromatic carbocycles. The summed E-state index contributed by atoms with van der Waals surface area (Å²) < 4.78 is 0. The van der Waals surface area contributed by atoms with Crippen LogP contribution in [0.5, 0.6) is 0 Å². The van der Waals surface area contributed by atoms with Gasteiger partial charge in [-0.05, 0) is 25.3 Å². The van der Waals surface area contributed by atoms with E-state index in [2.05, 4.69) is 39.0 Å². The first-order chi connectivity index (χ1) is 9.69. The van der Waals surface area contributed by atoms with Crippen molar-refractivity contribution in [2.45, 2.75) is 13.0 Å². The zero-order chi connectivity index (χ0) is 14.4. The Morgan fingerprint density at radius 1 is 1.50 bits per heavy atom. The van der Waals surface area contributed by atoms with Crippen molar-refractivity contribution >= 4 is 40.0 Å². The zero-order valence-electron chi connectivity index (χ0n) is 11.2. The molecule has 0 spiro atoms. The normalized spacial score (nSPS) is 11.9. The highest BCUT2D eigenvalue weighted by molar-refractivity contribution is 7.98. The molecule has 2 N–H and O–H groups in total. The minimum absolute atomic E-state index is 0.238. The largest absolute Gasteiger partial charge is 0.367 e. The third kappa shape index (κ3) is 4.17. The van der Waals surface area contributed by atoms with Gasteiger partial charge in [0.05, 0.1) is 5.56 Å². The van der Waals surface area contributed by atoms with Crippen LogP contribution in [0, 0.1) is 0 Å². The molecule has 0 saturated heterocycles. The van der Waals surface area contributed by atoms with E-state index in [0.717, 1.165) is 11.6 Å². The Hall–Kier alpha value is -1.67. The molecule has 1 atom stereocenters. The quantitative estimate of drug-likeness (QED) is 0.852. The molecule has 1 unspecified atom stereocenters. The number of pyridine rings is 1. The van der Waals surface area contributed by atoms with Crippen molar-refractivity contribution in [3.63, 3.8) is 0 Å². The van der Waals surface area contributed by atoms with E-state index in [1.54, 1.807) is 35.6 Å². The molecule has 0 aliphatic carbocycles. The lowest BCUT2D eigenvalue weighted by Gasteiger charge is -2.13. The molecule has 1 amide bonds. The number of carbonyl (C=O) groups excluding carboxylic acids is 1. The number of hydrogen-bond donors (Lipinski definition) is 2. The van der Waals surface area contributed by atoms with Gasteiger partial charge in [0, 0.05) is 18.0 Å². The molecule has 6 nitrogen and oxygen atoms in total. The van der Waals surface area contributed by atoms with E-state index in [0.29, 0.717) is 16.7 Å². The van der Waals surface area contributed by atoms with Crippen LogP contribution in [0.15, 0.2) is 23.8 Å². The van der Waals surface area contributed by atoms with E-state index in [4.69, 9.17) is 0 Å². The number of aromatic nitrogens is 3. The lowest BCUT2D eigenvalue weighted by molar-refractivity contribution is 0.102. The summed E-state index contributed by atoms with van der Waals surface area (Å²) in [6, 6.07) is 3.86. The van der Waals surface area contributed by atoms with Gasteiger partial charge in [-0.3, -0.25) is 10.1 Å². The molecule has 0 radical (unpaired) electrons. The maximum absolute atomic E-state index is 11.9. The van der Waals surface area contributed by atoms with Crippen molar-refractivity contribution in [1.82, 2.24) is 15.2 Å². The van der Waals surface area contributed by atoms with Crippen LogP contribution >= 0.6 is 23.1 Å². The third-order valence-corrected chi connectivity index (χ3v) is 3.86. The number of thioether (sulfide) groups is 1. The number of nitrogens with one attached hydrogen (secondary N) is 2. The predicted molar refractivity (Wildman–Crippen MR) is 83.6 cm³/mol. The highest BCUT2D eigenvalue weighted by Gasteiger charge is 2.09. The van der Waals surface area contributed by atoms with Crippen LogP contribution in [0.1, 0.15) is 17.3 Å². The number of rotatable bonds is 6. The van der Waals surface area contributed by atoms with E-state index < -0.39 is 0 Å². The molecule has 0 aliphatic heterocycles. The summed E-state index contributed by atoms with van der Waals surface area (Å²) in [6.45, 7) is 2.09. The van der Waals surface area contributed by atoms with Gasteiger partial charge in [0.1, 0.15) is 11.3 Å². The molecular weight excluding hydrogens is 294 g/mol. The Morgan fingerprint density at radius 2 is 2.35 bits per heavy atom. The molecule has 0 saturated carbocycles. The molecule has 0 bridgehead atoms. The summed E-state index contributed by atoms with van der Waals surface area (Å²) in [5.74, 6) is 1.53. The smallest absolute Gasteiger partial charge is 0.259 e. The van der Waals surface area contributed by atoms with Crippen LogP contribution in [-0.2, 0) is 0 Å².